The maximum absolute atomic E-state index is 14.7. The van der Waals surface area contributed by atoms with Gasteiger partial charge in [0, 0.05) is 11.8 Å². The molecule has 1 aromatic carbocycles. The summed E-state index contributed by atoms with van der Waals surface area (Å²) >= 11 is 0. The minimum Gasteiger partial charge on any atom is -0.320 e. The van der Waals surface area contributed by atoms with Crippen molar-refractivity contribution >= 4 is 21.6 Å². The van der Waals surface area contributed by atoms with Crippen LogP contribution in [0.5, 0.6) is 0 Å². The molecule has 0 unspecified atom stereocenters. The number of amides is 1. The van der Waals surface area contributed by atoms with Crippen LogP contribution in [-0.4, -0.2) is 43.0 Å². The second-order valence-corrected chi connectivity index (χ2v) is 7.48. The van der Waals surface area contributed by atoms with Crippen LogP contribution in [0.2, 0.25) is 0 Å². The summed E-state index contributed by atoms with van der Waals surface area (Å²) in [6, 6.07) is -0.550. The van der Waals surface area contributed by atoms with Gasteiger partial charge in [-0.1, -0.05) is 0 Å². The van der Waals surface area contributed by atoms with Gasteiger partial charge in [0.25, 0.3) is 15.9 Å². The fraction of sp³-hybridized carbons (Fsp3) is 0.333. The van der Waals surface area contributed by atoms with E-state index in [1.165, 1.54) is 0 Å². The number of rotatable bonds is 7. The van der Waals surface area contributed by atoms with Crippen molar-refractivity contribution in [3.63, 3.8) is 0 Å². The Morgan fingerprint density at radius 3 is 2.37 bits per heavy atom. The first kappa shape index (κ1) is 23.6. The average Bonchev–Trinajstić information content (AvgIpc) is 2.94. The highest BCUT2D eigenvalue weighted by atomic mass is 32.2. The van der Waals surface area contributed by atoms with Crippen LogP contribution in [0.1, 0.15) is 17.4 Å². The fourth-order valence-corrected chi connectivity index (χ4v) is 3.42. The van der Waals surface area contributed by atoms with Crippen molar-refractivity contribution in [1.29, 1.82) is 0 Å². The van der Waals surface area contributed by atoms with Crippen LogP contribution in [0.4, 0.5) is 36.4 Å². The minimum absolute atomic E-state index is 0.289. The maximum Gasteiger partial charge on any atom is 0.404 e. The monoisotopic (exact) mass is 462 g/mol. The summed E-state index contributed by atoms with van der Waals surface area (Å²) in [6.45, 7) is -1.61. The molecule has 0 aliphatic carbocycles. The van der Waals surface area contributed by atoms with E-state index in [-0.39, 0.29) is 10.4 Å². The lowest BCUT2D eigenvalue weighted by atomic mass is 10.3. The van der Waals surface area contributed by atoms with Crippen molar-refractivity contribution in [2.75, 3.05) is 12.0 Å². The summed E-state index contributed by atoms with van der Waals surface area (Å²) in [7, 11) is -5.20. The highest BCUT2D eigenvalue weighted by Gasteiger charge is 2.41. The number of aryl methyl sites for hydroxylation is 1. The maximum atomic E-state index is 14.7. The molecule has 0 bridgehead atoms. The first-order chi connectivity index (χ1) is 13.8. The Kier molecular flexibility index (Phi) is 6.76. The number of carbonyl (C=O) groups is 1. The first-order valence-electron chi connectivity index (χ1n) is 7.95. The van der Waals surface area contributed by atoms with E-state index < -0.39 is 69.5 Å². The molecule has 166 valence electrons. The molecule has 7 nitrogen and oxygen atoms in total. The van der Waals surface area contributed by atoms with E-state index in [2.05, 4.69) is 5.10 Å². The van der Waals surface area contributed by atoms with E-state index in [1.54, 1.807) is 0 Å². The van der Waals surface area contributed by atoms with Crippen LogP contribution in [0.25, 0.3) is 0 Å². The standard InChI is InChI=1S/C15H13F7N4O3S/c1-7(15(20,21)22)25-30(28,29)14-11(19)12(26(24-14)5-4-16)13(27)23-8-2-3-9(17)10(18)6-8/h2-3,6-7,25H,4-5H2,1H3,(H,23,27)/t7-/m1/s1. The normalized spacial score (nSPS) is 13.3. The van der Waals surface area contributed by atoms with Crippen molar-refractivity contribution in [1.82, 2.24) is 14.5 Å². The van der Waals surface area contributed by atoms with E-state index in [0.717, 1.165) is 10.8 Å². The Labute approximate surface area is 164 Å². The number of sulfonamides is 1. The predicted molar refractivity (Wildman–Crippen MR) is 88.3 cm³/mol. The van der Waals surface area contributed by atoms with Gasteiger partial charge in [0.05, 0.1) is 6.54 Å². The molecule has 0 spiro atoms. The summed E-state index contributed by atoms with van der Waals surface area (Å²) in [4.78, 5) is 12.3. The number of hydrogen-bond donors (Lipinski definition) is 2. The molecule has 0 aliphatic heterocycles. The van der Waals surface area contributed by atoms with Gasteiger partial charge in [-0.15, -0.1) is 0 Å². The van der Waals surface area contributed by atoms with Crippen molar-refractivity contribution < 1.29 is 43.9 Å². The number of alkyl halides is 4. The number of anilines is 1. The van der Waals surface area contributed by atoms with Crippen LogP contribution < -0.4 is 10.0 Å². The van der Waals surface area contributed by atoms with E-state index in [1.807, 2.05) is 5.32 Å². The zero-order valence-corrected chi connectivity index (χ0v) is 15.7. The molecule has 1 amide bonds. The third-order valence-electron chi connectivity index (χ3n) is 3.63. The third-order valence-corrected chi connectivity index (χ3v) is 5.07. The van der Waals surface area contributed by atoms with E-state index >= 15 is 0 Å². The minimum atomic E-state index is -5.20. The number of aromatic nitrogens is 2. The lowest BCUT2D eigenvalue weighted by molar-refractivity contribution is -0.147. The highest BCUT2D eigenvalue weighted by Crippen LogP contribution is 2.24. The van der Waals surface area contributed by atoms with Gasteiger partial charge in [0.1, 0.15) is 12.7 Å². The van der Waals surface area contributed by atoms with Gasteiger partial charge in [-0.05, 0) is 19.1 Å². The van der Waals surface area contributed by atoms with Gasteiger partial charge in [-0.2, -0.15) is 23.0 Å². The summed E-state index contributed by atoms with van der Waals surface area (Å²) in [5.74, 6) is -5.89. The molecule has 15 heteroatoms. The Balaban J connectivity index is 2.44. The van der Waals surface area contributed by atoms with Gasteiger partial charge in [0.2, 0.25) is 5.03 Å². The van der Waals surface area contributed by atoms with Crippen LogP contribution in [-0.2, 0) is 16.6 Å². The molecule has 1 atom stereocenters. The summed E-state index contributed by atoms with van der Waals surface area (Å²) in [5.41, 5.74) is -1.50. The molecule has 2 rings (SSSR count). The number of halogens is 7. The molecule has 0 saturated heterocycles. The average molecular weight is 462 g/mol. The summed E-state index contributed by atoms with van der Waals surface area (Å²) < 4.78 is 117. The van der Waals surface area contributed by atoms with Gasteiger partial charge in [-0.25, -0.2) is 26.0 Å². The predicted octanol–water partition coefficient (Wildman–Crippen LogP) is 2.75. The Morgan fingerprint density at radius 1 is 1.20 bits per heavy atom. The largest absolute Gasteiger partial charge is 0.404 e. The number of benzene rings is 1. The number of nitrogens with one attached hydrogen (secondary N) is 2. The molecule has 0 saturated carbocycles. The van der Waals surface area contributed by atoms with Crippen molar-refractivity contribution in [3.8, 4) is 0 Å². The third kappa shape index (κ3) is 5.08. The fourth-order valence-electron chi connectivity index (χ4n) is 2.17. The molecule has 2 aromatic rings. The summed E-state index contributed by atoms with van der Waals surface area (Å²) in [5, 5.41) is 3.55. The second-order valence-electron chi connectivity index (χ2n) is 5.85. The van der Waals surface area contributed by atoms with Crippen molar-refractivity contribution in [2.24, 2.45) is 0 Å². The van der Waals surface area contributed by atoms with Crippen molar-refractivity contribution in [2.45, 2.75) is 30.7 Å². The topological polar surface area (TPSA) is 93.1 Å². The van der Waals surface area contributed by atoms with Crippen LogP contribution in [0, 0.1) is 17.5 Å². The molecule has 1 heterocycles. The molecular formula is C15H13F7N4O3S. The molecule has 0 fully saturated rings. The Morgan fingerprint density at radius 2 is 1.83 bits per heavy atom. The summed E-state index contributed by atoms with van der Waals surface area (Å²) in [6.07, 6.45) is -5.00. The Bertz CT molecular complexity index is 1050. The number of hydrogen-bond acceptors (Lipinski definition) is 4. The van der Waals surface area contributed by atoms with Crippen LogP contribution in [0.15, 0.2) is 23.2 Å². The number of carbonyl (C=O) groups excluding carboxylic acids is 1. The van der Waals surface area contributed by atoms with Crippen LogP contribution >= 0.6 is 0 Å². The van der Waals surface area contributed by atoms with E-state index in [0.29, 0.717) is 19.1 Å². The van der Waals surface area contributed by atoms with Gasteiger partial charge < -0.3 is 5.32 Å². The molecular weight excluding hydrogens is 449 g/mol. The lowest BCUT2D eigenvalue weighted by Gasteiger charge is -2.16. The van der Waals surface area contributed by atoms with E-state index in [4.69, 9.17) is 0 Å². The SMILES string of the molecule is C[C@@H](NS(=O)(=O)c1nn(CCF)c(C(=O)Nc2ccc(F)c(F)c2)c1F)C(F)(F)F. The molecule has 30 heavy (non-hydrogen) atoms. The molecule has 0 aliphatic rings. The smallest absolute Gasteiger partial charge is 0.320 e. The zero-order chi connectivity index (χ0) is 22.9. The van der Waals surface area contributed by atoms with E-state index in [9.17, 15) is 43.9 Å². The number of nitrogens with zero attached hydrogens (tertiary/aromatic N) is 2. The molecule has 2 N–H and O–H groups in total. The lowest BCUT2D eigenvalue weighted by Crippen LogP contribution is -2.43. The van der Waals surface area contributed by atoms with Gasteiger partial charge in [0.15, 0.2) is 23.1 Å². The van der Waals surface area contributed by atoms with Crippen molar-refractivity contribution in [3.05, 3.63) is 41.3 Å². The second kappa shape index (κ2) is 8.59. The molecule has 0 radical (unpaired) electrons. The Hall–Kier alpha value is -2.68. The highest BCUT2D eigenvalue weighted by molar-refractivity contribution is 7.89. The zero-order valence-electron chi connectivity index (χ0n) is 14.9. The first-order valence-corrected chi connectivity index (χ1v) is 9.44. The van der Waals surface area contributed by atoms with Crippen LogP contribution in [0.3, 0.4) is 0 Å². The molecule has 1 aromatic heterocycles. The quantitative estimate of drug-likeness (QED) is 0.619. The van der Waals surface area contributed by atoms with Gasteiger partial charge in [-0.3, -0.25) is 9.48 Å². The van der Waals surface area contributed by atoms with Gasteiger partial charge >= 0.3 is 6.18 Å².